The lowest BCUT2D eigenvalue weighted by Crippen LogP contribution is -2.25. The Kier molecular flexibility index (Phi) is 5.54. The summed E-state index contributed by atoms with van der Waals surface area (Å²) in [4.78, 5) is 38.0. The van der Waals surface area contributed by atoms with Crippen LogP contribution in [-0.4, -0.2) is 24.3 Å². The Morgan fingerprint density at radius 3 is 2.47 bits per heavy atom. The Morgan fingerprint density at radius 1 is 0.933 bits per heavy atom. The Bertz CT molecular complexity index is 1150. The number of nitrogens with two attached hydrogens (primary N) is 1. The minimum absolute atomic E-state index is 0.203. The zero-order chi connectivity index (χ0) is 21.1. The maximum atomic E-state index is 12.6. The number of nitrogens with one attached hydrogen (secondary N) is 2. The van der Waals surface area contributed by atoms with Crippen LogP contribution in [0.3, 0.4) is 0 Å². The lowest BCUT2D eigenvalue weighted by atomic mass is 10.1. The number of amides is 3. The first-order valence-corrected chi connectivity index (χ1v) is 10.2. The summed E-state index contributed by atoms with van der Waals surface area (Å²) in [5, 5.41) is 5.76. The smallest absolute Gasteiger partial charge is 0.256 e. The number of hydrogen-bond acceptors (Lipinski definition) is 4. The minimum Gasteiger partial charge on any atom is -0.366 e. The number of hydrogen-bond donors (Lipinski definition) is 3. The van der Waals surface area contributed by atoms with Crippen molar-refractivity contribution in [1.82, 2.24) is 5.32 Å². The van der Waals surface area contributed by atoms with Crippen molar-refractivity contribution in [2.45, 2.75) is 16.2 Å². The van der Waals surface area contributed by atoms with Crippen LogP contribution < -0.4 is 16.4 Å². The number of benzene rings is 3. The van der Waals surface area contributed by atoms with Gasteiger partial charge in [0.05, 0.1) is 11.3 Å². The average molecular weight is 417 g/mol. The molecule has 1 aliphatic rings. The van der Waals surface area contributed by atoms with E-state index in [1.165, 1.54) is 17.8 Å². The summed E-state index contributed by atoms with van der Waals surface area (Å²) in [6, 6.07) is 19.8. The molecule has 30 heavy (non-hydrogen) atoms. The summed E-state index contributed by atoms with van der Waals surface area (Å²) < 4.78 is 0. The van der Waals surface area contributed by atoms with Crippen LogP contribution in [0.15, 0.2) is 76.5 Å². The van der Waals surface area contributed by atoms with Crippen molar-refractivity contribution in [1.29, 1.82) is 0 Å². The third-order valence-corrected chi connectivity index (χ3v) is 5.90. The van der Waals surface area contributed by atoms with Crippen LogP contribution in [0.4, 0.5) is 5.69 Å². The molecule has 4 rings (SSSR count). The van der Waals surface area contributed by atoms with Gasteiger partial charge in [0, 0.05) is 27.5 Å². The molecule has 3 aromatic carbocycles. The second-order valence-corrected chi connectivity index (χ2v) is 7.92. The van der Waals surface area contributed by atoms with E-state index in [9.17, 15) is 14.4 Å². The highest BCUT2D eigenvalue weighted by atomic mass is 32.2. The van der Waals surface area contributed by atoms with Gasteiger partial charge in [-0.25, -0.2) is 0 Å². The van der Waals surface area contributed by atoms with E-state index in [2.05, 4.69) is 10.6 Å². The van der Waals surface area contributed by atoms with Gasteiger partial charge < -0.3 is 16.4 Å². The topological polar surface area (TPSA) is 101 Å². The van der Waals surface area contributed by atoms with Gasteiger partial charge in [0.25, 0.3) is 11.8 Å². The van der Waals surface area contributed by atoms with E-state index < -0.39 is 5.91 Å². The Balaban J connectivity index is 1.51. The van der Waals surface area contributed by atoms with Crippen molar-refractivity contribution in [2.24, 2.45) is 5.73 Å². The first-order chi connectivity index (χ1) is 14.5. The van der Waals surface area contributed by atoms with Crippen LogP contribution >= 0.6 is 11.8 Å². The van der Waals surface area contributed by atoms with Gasteiger partial charge in [-0.15, -0.1) is 0 Å². The molecule has 3 amide bonds. The lowest BCUT2D eigenvalue weighted by Gasteiger charge is -2.10. The zero-order valence-electron chi connectivity index (χ0n) is 16.0. The molecule has 0 saturated heterocycles. The first-order valence-electron chi connectivity index (χ1n) is 9.40. The van der Waals surface area contributed by atoms with Gasteiger partial charge in [-0.3, -0.25) is 14.4 Å². The quantitative estimate of drug-likeness (QED) is 0.592. The molecule has 0 spiro atoms. The van der Waals surface area contributed by atoms with Crippen LogP contribution in [0.25, 0.3) is 0 Å². The summed E-state index contributed by atoms with van der Waals surface area (Å²) in [7, 11) is 0. The van der Waals surface area contributed by atoms with Crippen molar-refractivity contribution in [2.75, 3.05) is 11.9 Å². The fourth-order valence-corrected chi connectivity index (χ4v) is 4.23. The molecule has 4 N–H and O–H groups in total. The van der Waals surface area contributed by atoms with Gasteiger partial charge >= 0.3 is 0 Å². The summed E-state index contributed by atoms with van der Waals surface area (Å²) in [5.41, 5.74) is 8.31. The fraction of sp³-hybridized carbons (Fsp3) is 0.0870. The van der Waals surface area contributed by atoms with Crippen molar-refractivity contribution in [3.63, 3.8) is 0 Å². The van der Waals surface area contributed by atoms with Gasteiger partial charge in [-0.1, -0.05) is 42.1 Å². The molecule has 7 heteroatoms. The summed E-state index contributed by atoms with van der Waals surface area (Å²) >= 11 is 1.35. The highest BCUT2D eigenvalue weighted by molar-refractivity contribution is 7.99. The van der Waals surface area contributed by atoms with Gasteiger partial charge in [0.15, 0.2) is 0 Å². The van der Waals surface area contributed by atoms with E-state index in [1.807, 2.05) is 30.3 Å². The van der Waals surface area contributed by atoms with E-state index in [0.717, 1.165) is 16.9 Å². The molecular weight excluding hydrogens is 398 g/mol. The highest BCUT2D eigenvalue weighted by Crippen LogP contribution is 2.39. The number of rotatable bonds is 5. The Labute approximate surface area is 177 Å². The van der Waals surface area contributed by atoms with E-state index in [4.69, 9.17) is 5.73 Å². The number of carbonyl (C=O) groups is 3. The van der Waals surface area contributed by atoms with Crippen LogP contribution in [-0.2, 0) is 6.42 Å². The molecular formula is C23H19N3O3S. The molecule has 0 atom stereocenters. The molecule has 1 aliphatic heterocycles. The van der Waals surface area contributed by atoms with Crippen molar-refractivity contribution < 1.29 is 14.4 Å². The lowest BCUT2D eigenvalue weighted by molar-refractivity contribution is 0.0951. The molecule has 0 fully saturated rings. The zero-order valence-corrected chi connectivity index (χ0v) is 16.8. The number of carbonyl (C=O) groups excluding carboxylic acids is 3. The monoisotopic (exact) mass is 417 g/mol. The van der Waals surface area contributed by atoms with Crippen molar-refractivity contribution in [3.8, 4) is 0 Å². The largest absolute Gasteiger partial charge is 0.366 e. The second-order valence-electron chi connectivity index (χ2n) is 6.83. The summed E-state index contributed by atoms with van der Waals surface area (Å²) in [5.74, 6) is -1.05. The van der Waals surface area contributed by atoms with Gasteiger partial charge in [0.2, 0.25) is 5.91 Å². The van der Waals surface area contributed by atoms with Crippen LogP contribution in [0, 0.1) is 0 Å². The predicted octanol–water partition coefficient (Wildman–Crippen LogP) is 3.47. The molecule has 6 nitrogen and oxygen atoms in total. The van der Waals surface area contributed by atoms with Crippen molar-refractivity contribution in [3.05, 3.63) is 89.0 Å². The molecule has 1 heterocycles. The average Bonchev–Trinajstić information content (AvgIpc) is 2.89. The molecule has 0 saturated carbocycles. The molecule has 0 radical (unpaired) electrons. The van der Waals surface area contributed by atoms with E-state index >= 15 is 0 Å². The van der Waals surface area contributed by atoms with Gasteiger partial charge in [-0.2, -0.15) is 0 Å². The number of fused-ring (bicyclic) bond motifs is 2. The van der Waals surface area contributed by atoms with E-state index in [1.54, 1.807) is 30.3 Å². The SMILES string of the molecule is NC(=O)c1ccc2c(c1)Sc1ccc(C(=O)NCCc3ccccc3)cc1NC2=O. The number of primary amides is 1. The Morgan fingerprint density at radius 2 is 1.70 bits per heavy atom. The third kappa shape index (κ3) is 4.21. The van der Waals surface area contributed by atoms with Crippen LogP contribution in [0.1, 0.15) is 36.6 Å². The summed E-state index contributed by atoms with van der Waals surface area (Å²) in [6.45, 7) is 0.516. The fourth-order valence-electron chi connectivity index (χ4n) is 3.18. The highest BCUT2D eigenvalue weighted by Gasteiger charge is 2.22. The van der Waals surface area contributed by atoms with Crippen LogP contribution in [0.5, 0.6) is 0 Å². The second kappa shape index (κ2) is 8.42. The molecule has 0 bridgehead atoms. The standard InChI is InChI=1S/C23H19N3O3S/c24-21(27)15-6-8-17-20(13-15)30-19-9-7-16(12-18(19)26-23(17)29)22(28)25-11-10-14-4-2-1-3-5-14/h1-9,12-13H,10-11H2,(H2,24,27)(H,25,28)(H,26,29). The maximum Gasteiger partial charge on any atom is 0.256 e. The molecule has 150 valence electrons. The van der Waals surface area contributed by atoms with Crippen LogP contribution in [0.2, 0.25) is 0 Å². The summed E-state index contributed by atoms with van der Waals surface area (Å²) in [6.07, 6.45) is 0.738. The van der Waals surface area contributed by atoms with E-state index in [-0.39, 0.29) is 11.8 Å². The van der Waals surface area contributed by atoms with E-state index in [0.29, 0.717) is 33.8 Å². The molecule has 0 unspecified atom stereocenters. The molecule has 0 aliphatic carbocycles. The predicted molar refractivity (Wildman–Crippen MR) is 116 cm³/mol. The Hall–Kier alpha value is -3.58. The molecule has 0 aromatic heterocycles. The first kappa shape index (κ1) is 19.7. The maximum absolute atomic E-state index is 12.6. The normalized spacial score (nSPS) is 12.2. The van der Waals surface area contributed by atoms with Gasteiger partial charge in [0.1, 0.15) is 0 Å². The third-order valence-electron chi connectivity index (χ3n) is 4.76. The van der Waals surface area contributed by atoms with Gasteiger partial charge in [-0.05, 0) is 48.4 Å². The van der Waals surface area contributed by atoms with Crippen molar-refractivity contribution >= 4 is 35.2 Å². The number of anilines is 1. The molecule has 3 aromatic rings. The minimum atomic E-state index is -0.550.